The average molecular weight is 212 g/mol. The Labute approximate surface area is 84.7 Å². The van der Waals surface area contributed by atoms with Crippen LogP contribution in [0.3, 0.4) is 0 Å². The van der Waals surface area contributed by atoms with E-state index in [2.05, 4.69) is 9.97 Å². The second-order valence-corrected chi connectivity index (χ2v) is 3.28. The lowest BCUT2D eigenvalue weighted by molar-refractivity contribution is -0.121. The Morgan fingerprint density at radius 2 is 2.14 bits per heavy atom. The summed E-state index contributed by atoms with van der Waals surface area (Å²) in [4.78, 5) is 31.2. The van der Waals surface area contributed by atoms with Gasteiger partial charge in [-0.25, -0.2) is 4.98 Å². The van der Waals surface area contributed by atoms with E-state index >= 15 is 0 Å². The Balaban J connectivity index is 2.31. The molecule has 5 nitrogen and oxygen atoms in total. The molecule has 0 atom stereocenters. The lowest BCUT2D eigenvalue weighted by Gasteiger charge is -2.12. The van der Waals surface area contributed by atoms with Crippen LogP contribution in [0.2, 0.25) is 5.15 Å². The van der Waals surface area contributed by atoms with E-state index in [-0.39, 0.29) is 29.8 Å². The van der Waals surface area contributed by atoms with Gasteiger partial charge >= 0.3 is 0 Å². The van der Waals surface area contributed by atoms with Crippen molar-refractivity contribution in [2.75, 3.05) is 11.4 Å². The Morgan fingerprint density at radius 3 is 2.71 bits per heavy atom. The first kappa shape index (κ1) is 9.08. The lowest BCUT2D eigenvalue weighted by Crippen LogP contribution is -2.25. The summed E-state index contributed by atoms with van der Waals surface area (Å²) in [5.74, 6) is -0.0447. The van der Waals surface area contributed by atoms with Gasteiger partial charge in [0.25, 0.3) is 0 Å². The Bertz CT molecular complexity index is 407. The highest BCUT2D eigenvalue weighted by Gasteiger charge is 2.29. The largest absolute Gasteiger partial charge is 0.297 e. The maximum atomic E-state index is 11.3. The van der Waals surface area contributed by atoms with Crippen molar-refractivity contribution in [2.45, 2.75) is 6.42 Å². The molecule has 1 aromatic heterocycles. The average Bonchev–Trinajstić information content (AvgIpc) is 2.45. The summed E-state index contributed by atoms with van der Waals surface area (Å²) < 4.78 is 0. The third kappa shape index (κ3) is 1.58. The number of Topliss-reactive ketones (excluding diaryl/α,β-unsaturated/α-hetero) is 1. The molecule has 14 heavy (non-hydrogen) atoms. The van der Waals surface area contributed by atoms with Crippen molar-refractivity contribution in [1.29, 1.82) is 0 Å². The summed E-state index contributed by atoms with van der Waals surface area (Å²) in [7, 11) is 0. The van der Waals surface area contributed by atoms with Crippen molar-refractivity contribution in [3.63, 3.8) is 0 Å². The van der Waals surface area contributed by atoms with Gasteiger partial charge in [0.1, 0.15) is 5.15 Å². The van der Waals surface area contributed by atoms with Crippen LogP contribution >= 0.6 is 11.6 Å². The first-order chi connectivity index (χ1) is 6.66. The minimum Gasteiger partial charge on any atom is -0.297 e. The fourth-order valence-electron chi connectivity index (χ4n) is 1.26. The van der Waals surface area contributed by atoms with Crippen LogP contribution in [-0.4, -0.2) is 28.2 Å². The lowest BCUT2D eigenvalue weighted by atomic mass is 10.3. The van der Waals surface area contributed by atoms with Crippen molar-refractivity contribution in [1.82, 2.24) is 9.97 Å². The van der Waals surface area contributed by atoms with Crippen LogP contribution in [-0.2, 0) is 9.59 Å². The monoisotopic (exact) mass is 211 g/mol. The third-order valence-corrected chi connectivity index (χ3v) is 2.03. The van der Waals surface area contributed by atoms with Crippen molar-refractivity contribution >= 4 is 29.1 Å². The second kappa shape index (κ2) is 3.34. The highest BCUT2D eigenvalue weighted by molar-refractivity contribution is 6.29. The zero-order valence-electron chi connectivity index (χ0n) is 7.11. The smallest absolute Gasteiger partial charge is 0.236 e. The van der Waals surface area contributed by atoms with E-state index < -0.39 is 0 Å². The van der Waals surface area contributed by atoms with E-state index in [1.54, 1.807) is 0 Å². The van der Waals surface area contributed by atoms with Gasteiger partial charge in [0, 0.05) is 0 Å². The fourth-order valence-corrected chi connectivity index (χ4v) is 1.40. The molecule has 0 spiro atoms. The van der Waals surface area contributed by atoms with Gasteiger partial charge in [-0.15, -0.1) is 0 Å². The molecule has 0 radical (unpaired) electrons. The predicted octanol–water partition coefficient (Wildman–Crippen LogP) is 0.436. The number of nitrogens with zero attached hydrogens (tertiary/aromatic N) is 3. The maximum Gasteiger partial charge on any atom is 0.236 e. The number of carbonyl (C=O) groups is 2. The van der Waals surface area contributed by atoms with Gasteiger partial charge in [0.05, 0.1) is 25.4 Å². The standard InChI is InChI=1S/C8H6ClN3O2/c9-6-2-10-3-7(11-6)12-4-5(13)1-8(12)14/h2-3H,1,4H2. The van der Waals surface area contributed by atoms with Gasteiger partial charge in [0.2, 0.25) is 5.91 Å². The number of carbonyl (C=O) groups excluding carboxylic acids is 2. The molecule has 0 unspecified atom stereocenters. The number of hydrogen-bond acceptors (Lipinski definition) is 4. The fraction of sp³-hybridized carbons (Fsp3) is 0.250. The van der Waals surface area contributed by atoms with Crippen molar-refractivity contribution < 1.29 is 9.59 Å². The molecule has 2 rings (SSSR count). The van der Waals surface area contributed by atoms with E-state index in [9.17, 15) is 9.59 Å². The quantitative estimate of drug-likeness (QED) is 0.633. The molecule has 0 aromatic carbocycles. The SMILES string of the molecule is O=C1CC(=O)N(c2cncc(Cl)n2)C1. The van der Waals surface area contributed by atoms with Gasteiger partial charge in [-0.05, 0) is 0 Å². The van der Waals surface area contributed by atoms with Crippen LogP contribution in [0.15, 0.2) is 12.4 Å². The van der Waals surface area contributed by atoms with E-state index in [0.717, 1.165) is 0 Å². The zero-order chi connectivity index (χ0) is 10.1. The van der Waals surface area contributed by atoms with E-state index in [1.807, 2.05) is 0 Å². The number of hydrogen-bond donors (Lipinski definition) is 0. The molecule has 1 amide bonds. The van der Waals surface area contributed by atoms with Crippen molar-refractivity contribution in [3.05, 3.63) is 17.5 Å². The van der Waals surface area contributed by atoms with Crippen molar-refractivity contribution in [2.24, 2.45) is 0 Å². The van der Waals surface area contributed by atoms with E-state index in [4.69, 9.17) is 11.6 Å². The van der Waals surface area contributed by atoms with E-state index in [1.165, 1.54) is 17.3 Å². The van der Waals surface area contributed by atoms with Gasteiger partial charge in [-0.1, -0.05) is 11.6 Å². The number of aromatic nitrogens is 2. The highest BCUT2D eigenvalue weighted by Crippen LogP contribution is 2.17. The molecular weight excluding hydrogens is 206 g/mol. The normalized spacial score (nSPS) is 16.5. The van der Waals surface area contributed by atoms with Crippen molar-refractivity contribution in [3.8, 4) is 0 Å². The summed E-state index contributed by atoms with van der Waals surface area (Å²) in [5.41, 5.74) is 0. The zero-order valence-corrected chi connectivity index (χ0v) is 7.86. The number of ketones is 1. The summed E-state index contributed by atoms with van der Waals surface area (Å²) in [5, 5.41) is 0.203. The number of halogens is 1. The molecule has 72 valence electrons. The van der Waals surface area contributed by atoms with Crippen LogP contribution in [0, 0.1) is 0 Å². The molecule has 1 fully saturated rings. The Hall–Kier alpha value is -1.49. The van der Waals surface area contributed by atoms with Gasteiger partial charge in [-0.3, -0.25) is 19.5 Å². The molecule has 0 saturated carbocycles. The van der Waals surface area contributed by atoms with Crippen LogP contribution in [0.5, 0.6) is 0 Å². The first-order valence-electron chi connectivity index (χ1n) is 3.96. The summed E-state index contributed by atoms with van der Waals surface area (Å²) in [6, 6.07) is 0. The molecule has 1 aliphatic rings. The van der Waals surface area contributed by atoms with Gasteiger partial charge in [-0.2, -0.15) is 0 Å². The molecule has 0 N–H and O–H groups in total. The molecule has 0 bridgehead atoms. The number of rotatable bonds is 1. The van der Waals surface area contributed by atoms with Crippen LogP contribution in [0.4, 0.5) is 5.82 Å². The van der Waals surface area contributed by atoms with Gasteiger partial charge in [0.15, 0.2) is 11.6 Å². The molecule has 2 heterocycles. The van der Waals surface area contributed by atoms with Gasteiger partial charge < -0.3 is 0 Å². The predicted molar refractivity (Wildman–Crippen MR) is 49.0 cm³/mol. The molecule has 6 heteroatoms. The minimum atomic E-state index is -0.258. The molecule has 1 aliphatic heterocycles. The summed E-state index contributed by atoms with van der Waals surface area (Å²) in [6.07, 6.45) is 2.71. The van der Waals surface area contributed by atoms with E-state index in [0.29, 0.717) is 5.82 Å². The first-order valence-corrected chi connectivity index (χ1v) is 4.34. The Morgan fingerprint density at radius 1 is 1.36 bits per heavy atom. The number of anilines is 1. The minimum absolute atomic E-state index is 0.0613. The second-order valence-electron chi connectivity index (χ2n) is 2.90. The third-order valence-electron chi connectivity index (χ3n) is 1.85. The molecular formula is C8H6ClN3O2. The highest BCUT2D eigenvalue weighted by atomic mass is 35.5. The van der Waals surface area contributed by atoms with Crippen LogP contribution < -0.4 is 4.90 Å². The molecule has 0 aliphatic carbocycles. The summed E-state index contributed by atoms with van der Waals surface area (Å²) in [6.45, 7) is 0.0633. The number of amides is 1. The molecule has 1 saturated heterocycles. The topological polar surface area (TPSA) is 63.2 Å². The van der Waals surface area contributed by atoms with Crippen LogP contribution in [0.1, 0.15) is 6.42 Å². The summed E-state index contributed by atoms with van der Waals surface area (Å²) >= 11 is 5.61. The molecule has 1 aromatic rings. The maximum absolute atomic E-state index is 11.3. The Kier molecular flexibility index (Phi) is 2.17. The van der Waals surface area contributed by atoms with Crippen LogP contribution in [0.25, 0.3) is 0 Å².